The summed E-state index contributed by atoms with van der Waals surface area (Å²) in [5.74, 6) is 0.772. The van der Waals surface area contributed by atoms with Crippen LogP contribution in [0.25, 0.3) is 0 Å². The predicted molar refractivity (Wildman–Crippen MR) is 109 cm³/mol. The molecule has 0 aliphatic rings. The van der Waals surface area contributed by atoms with E-state index >= 15 is 0 Å². The van der Waals surface area contributed by atoms with Gasteiger partial charge in [0.25, 0.3) is 5.91 Å². The second kappa shape index (κ2) is 10.0. The summed E-state index contributed by atoms with van der Waals surface area (Å²) in [7, 11) is 1.72. The Morgan fingerprint density at radius 1 is 1.15 bits per heavy atom. The van der Waals surface area contributed by atoms with Crippen molar-refractivity contribution in [1.29, 1.82) is 0 Å². The summed E-state index contributed by atoms with van der Waals surface area (Å²) in [6, 6.07) is 11.3. The number of guanidine groups is 1. The van der Waals surface area contributed by atoms with Crippen LogP contribution < -0.4 is 16.0 Å². The molecule has 7 heteroatoms. The molecule has 2 rings (SSSR count). The maximum atomic E-state index is 11.8. The number of benzene rings is 1. The molecule has 27 heavy (non-hydrogen) atoms. The number of carbonyl (C=O) groups is 1. The Balaban J connectivity index is 1.71. The average molecular weight is 391 g/mol. The van der Waals surface area contributed by atoms with Gasteiger partial charge in [0.15, 0.2) is 11.7 Å². The smallest absolute Gasteiger partial charge is 0.287 e. The monoisotopic (exact) mass is 390 g/mol. The van der Waals surface area contributed by atoms with Crippen LogP contribution in [0.15, 0.2) is 52.1 Å². The first-order valence-corrected chi connectivity index (χ1v) is 9.28. The quantitative estimate of drug-likeness (QED) is 0.367. The molecule has 2 aromatic rings. The summed E-state index contributed by atoms with van der Waals surface area (Å²) in [5.41, 5.74) is 1.23. The van der Waals surface area contributed by atoms with Gasteiger partial charge < -0.3 is 20.4 Å². The molecule has 6 nitrogen and oxygen atoms in total. The lowest BCUT2D eigenvalue weighted by atomic mass is 9.86. The summed E-state index contributed by atoms with van der Waals surface area (Å²) in [5, 5.41) is 10.1. The van der Waals surface area contributed by atoms with E-state index in [4.69, 9.17) is 16.0 Å². The zero-order valence-corrected chi connectivity index (χ0v) is 16.8. The number of hydrogen-bond donors (Lipinski definition) is 3. The standard InChI is InChI=1S/C20H27ClN4O2/c1-20(2,13-15-6-4-7-16(21)12-15)14-25-19(22-3)24-10-9-23-18(26)17-8-5-11-27-17/h4-8,11-12H,9-10,13-14H2,1-3H3,(H,23,26)(H2,22,24,25). The van der Waals surface area contributed by atoms with Gasteiger partial charge in [0.1, 0.15) is 0 Å². The molecular weight excluding hydrogens is 364 g/mol. The molecule has 0 saturated heterocycles. The van der Waals surface area contributed by atoms with E-state index in [1.165, 1.54) is 11.8 Å². The average Bonchev–Trinajstić information content (AvgIpc) is 3.15. The molecule has 1 heterocycles. The van der Waals surface area contributed by atoms with Gasteiger partial charge >= 0.3 is 0 Å². The van der Waals surface area contributed by atoms with E-state index in [2.05, 4.69) is 40.9 Å². The molecule has 0 unspecified atom stereocenters. The number of halogens is 1. The number of nitrogens with one attached hydrogen (secondary N) is 3. The minimum Gasteiger partial charge on any atom is -0.459 e. The Bertz CT molecular complexity index is 757. The Morgan fingerprint density at radius 3 is 2.59 bits per heavy atom. The van der Waals surface area contributed by atoms with Crippen molar-refractivity contribution in [3.8, 4) is 0 Å². The molecule has 0 fully saturated rings. The largest absolute Gasteiger partial charge is 0.459 e. The summed E-state index contributed by atoms with van der Waals surface area (Å²) in [6.45, 7) is 6.15. The third kappa shape index (κ3) is 7.35. The van der Waals surface area contributed by atoms with E-state index in [-0.39, 0.29) is 11.3 Å². The zero-order chi connectivity index (χ0) is 19.7. The minimum absolute atomic E-state index is 0.0236. The van der Waals surface area contributed by atoms with Crippen molar-refractivity contribution >= 4 is 23.5 Å². The lowest BCUT2D eigenvalue weighted by molar-refractivity contribution is 0.0926. The third-order valence-corrected chi connectivity index (χ3v) is 4.21. The van der Waals surface area contributed by atoms with E-state index in [9.17, 15) is 4.79 Å². The highest BCUT2D eigenvalue weighted by Gasteiger charge is 2.19. The molecule has 0 atom stereocenters. The molecule has 3 N–H and O–H groups in total. The van der Waals surface area contributed by atoms with Crippen LogP contribution in [0.5, 0.6) is 0 Å². The van der Waals surface area contributed by atoms with E-state index in [0.717, 1.165) is 18.0 Å². The van der Waals surface area contributed by atoms with Crippen LogP contribution in [-0.4, -0.2) is 38.5 Å². The molecule has 146 valence electrons. The molecule has 1 aromatic carbocycles. The van der Waals surface area contributed by atoms with Crippen molar-refractivity contribution in [3.63, 3.8) is 0 Å². The van der Waals surface area contributed by atoms with Crippen molar-refractivity contribution in [2.75, 3.05) is 26.7 Å². The van der Waals surface area contributed by atoms with Gasteiger partial charge in [-0.1, -0.05) is 37.6 Å². The molecule has 0 radical (unpaired) electrons. The fraction of sp³-hybridized carbons (Fsp3) is 0.400. The third-order valence-electron chi connectivity index (χ3n) is 3.98. The summed E-state index contributed by atoms with van der Waals surface area (Å²) >= 11 is 6.07. The number of furan rings is 1. The lowest BCUT2D eigenvalue weighted by Crippen LogP contribution is -2.45. The highest BCUT2D eigenvalue weighted by atomic mass is 35.5. The van der Waals surface area contributed by atoms with Gasteiger partial charge in [-0.2, -0.15) is 0 Å². The Hall–Kier alpha value is -2.47. The van der Waals surface area contributed by atoms with Gasteiger partial charge in [-0.25, -0.2) is 0 Å². The molecular formula is C20H27ClN4O2. The summed E-state index contributed by atoms with van der Waals surface area (Å²) in [6.07, 6.45) is 2.38. The zero-order valence-electron chi connectivity index (χ0n) is 16.0. The lowest BCUT2D eigenvalue weighted by Gasteiger charge is -2.26. The van der Waals surface area contributed by atoms with Gasteiger partial charge in [0.05, 0.1) is 6.26 Å². The Labute approximate surface area is 165 Å². The number of rotatable bonds is 8. The molecule has 0 aliphatic heterocycles. The van der Waals surface area contributed by atoms with Crippen molar-refractivity contribution in [2.24, 2.45) is 10.4 Å². The fourth-order valence-corrected chi connectivity index (χ4v) is 2.87. The molecule has 1 aromatic heterocycles. The fourth-order valence-electron chi connectivity index (χ4n) is 2.66. The number of hydrogen-bond acceptors (Lipinski definition) is 3. The summed E-state index contributed by atoms with van der Waals surface area (Å²) < 4.78 is 5.05. The van der Waals surface area contributed by atoms with Crippen LogP contribution in [0.4, 0.5) is 0 Å². The molecule has 0 aliphatic carbocycles. The van der Waals surface area contributed by atoms with E-state index < -0.39 is 0 Å². The highest BCUT2D eigenvalue weighted by molar-refractivity contribution is 6.30. The first-order valence-electron chi connectivity index (χ1n) is 8.90. The van der Waals surface area contributed by atoms with E-state index in [1.807, 2.05) is 18.2 Å². The normalized spacial score (nSPS) is 11.9. The van der Waals surface area contributed by atoms with Crippen molar-refractivity contribution in [3.05, 3.63) is 59.0 Å². The SMILES string of the molecule is CN=C(NCCNC(=O)c1ccco1)NCC(C)(C)Cc1cccc(Cl)c1. The van der Waals surface area contributed by atoms with Crippen LogP contribution in [-0.2, 0) is 6.42 Å². The van der Waals surface area contributed by atoms with E-state index in [0.29, 0.717) is 24.8 Å². The van der Waals surface area contributed by atoms with Crippen LogP contribution in [0.1, 0.15) is 30.0 Å². The first kappa shape index (κ1) is 20.8. The highest BCUT2D eigenvalue weighted by Crippen LogP contribution is 2.22. The molecule has 0 saturated carbocycles. The van der Waals surface area contributed by atoms with Crippen LogP contribution >= 0.6 is 11.6 Å². The van der Waals surface area contributed by atoms with Crippen LogP contribution in [0, 0.1) is 5.41 Å². The minimum atomic E-state index is -0.229. The number of aliphatic imine (C=N–C) groups is 1. The summed E-state index contributed by atoms with van der Waals surface area (Å²) in [4.78, 5) is 16.0. The second-order valence-electron chi connectivity index (χ2n) is 7.06. The van der Waals surface area contributed by atoms with Gasteiger partial charge in [0.2, 0.25) is 0 Å². The molecule has 0 spiro atoms. The maximum absolute atomic E-state index is 11.8. The molecule has 1 amide bonds. The predicted octanol–water partition coefficient (Wildman–Crippen LogP) is 3.10. The first-order chi connectivity index (χ1) is 12.9. The van der Waals surface area contributed by atoms with E-state index in [1.54, 1.807) is 19.2 Å². The Morgan fingerprint density at radius 2 is 1.93 bits per heavy atom. The van der Waals surface area contributed by atoms with Crippen LogP contribution in [0.3, 0.4) is 0 Å². The van der Waals surface area contributed by atoms with Gasteiger partial charge in [-0.15, -0.1) is 0 Å². The van der Waals surface area contributed by atoms with Gasteiger partial charge in [-0.3, -0.25) is 9.79 Å². The van der Waals surface area contributed by atoms with Crippen molar-refractivity contribution in [2.45, 2.75) is 20.3 Å². The van der Waals surface area contributed by atoms with Gasteiger partial charge in [-0.05, 0) is 41.7 Å². The number of carbonyl (C=O) groups excluding carboxylic acids is 1. The number of nitrogens with zero attached hydrogens (tertiary/aromatic N) is 1. The van der Waals surface area contributed by atoms with Crippen LogP contribution in [0.2, 0.25) is 5.02 Å². The maximum Gasteiger partial charge on any atom is 0.287 e. The number of amides is 1. The Kier molecular flexibility index (Phi) is 7.73. The topological polar surface area (TPSA) is 78.7 Å². The van der Waals surface area contributed by atoms with Crippen molar-refractivity contribution in [1.82, 2.24) is 16.0 Å². The van der Waals surface area contributed by atoms with Crippen molar-refractivity contribution < 1.29 is 9.21 Å². The second-order valence-corrected chi connectivity index (χ2v) is 7.49. The van der Waals surface area contributed by atoms with Gasteiger partial charge in [0, 0.05) is 31.7 Å². The molecule has 0 bridgehead atoms.